The first-order valence-electron chi connectivity index (χ1n) is 6.10. The molecule has 0 aliphatic rings. The summed E-state index contributed by atoms with van der Waals surface area (Å²) in [4.78, 5) is -0.667. The van der Waals surface area contributed by atoms with Gasteiger partial charge in [0.2, 0.25) is 0 Å². The predicted molar refractivity (Wildman–Crippen MR) is 81.6 cm³/mol. The first-order chi connectivity index (χ1) is 10.6. The Morgan fingerprint density at radius 1 is 1.13 bits per heavy atom. The smallest absolute Gasteiger partial charge is 0.280 e. The summed E-state index contributed by atoms with van der Waals surface area (Å²) in [5.41, 5.74) is -0.575. The summed E-state index contributed by atoms with van der Waals surface area (Å²) < 4.78 is 64.9. The molecule has 0 heterocycles. The lowest BCUT2D eigenvalue weighted by Gasteiger charge is -2.12. The fourth-order valence-corrected chi connectivity index (χ4v) is 3.34. The third kappa shape index (κ3) is 3.97. The fourth-order valence-electron chi connectivity index (χ4n) is 1.77. The van der Waals surface area contributed by atoms with Crippen LogP contribution in [0, 0.1) is 12.3 Å². The molecule has 8 heteroatoms. The number of terminal acetylenes is 1. The minimum Gasteiger partial charge on any atom is -0.280 e. The molecule has 3 nitrogen and oxygen atoms in total. The van der Waals surface area contributed by atoms with Gasteiger partial charge in [0.05, 0.1) is 16.3 Å². The summed E-state index contributed by atoms with van der Waals surface area (Å²) in [6.45, 7) is 0. The molecule has 2 aromatic carbocycles. The number of anilines is 1. The number of benzene rings is 2. The SMILES string of the molecule is C#Cc1cccc(NS(=O)(=O)c2cc(C(F)(F)F)ccc2Cl)c1. The number of nitrogens with one attached hydrogen (secondary N) is 1. The zero-order valence-electron chi connectivity index (χ0n) is 11.4. The third-order valence-corrected chi connectivity index (χ3v) is 4.69. The molecule has 0 saturated carbocycles. The average Bonchev–Trinajstić information content (AvgIpc) is 2.46. The highest BCUT2D eigenvalue weighted by Crippen LogP contribution is 2.33. The van der Waals surface area contributed by atoms with Crippen molar-refractivity contribution in [2.75, 3.05) is 4.72 Å². The molecule has 0 fully saturated rings. The molecular formula is C15H9ClF3NO2S. The monoisotopic (exact) mass is 359 g/mol. The molecule has 0 spiro atoms. The van der Waals surface area contributed by atoms with Gasteiger partial charge in [0.25, 0.3) is 10.0 Å². The lowest BCUT2D eigenvalue weighted by Crippen LogP contribution is -2.15. The molecule has 0 aliphatic carbocycles. The van der Waals surface area contributed by atoms with Gasteiger partial charge in [-0.05, 0) is 36.4 Å². The summed E-state index contributed by atoms with van der Waals surface area (Å²) in [7, 11) is -4.30. The summed E-state index contributed by atoms with van der Waals surface area (Å²) >= 11 is 5.74. The molecule has 0 radical (unpaired) electrons. The first-order valence-corrected chi connectivity index (χ1v) is 7.96. The molecule has 2 rings (SSSR count). The Balaban J connectivity index is 2.45. The highest BCUT2D eigenvalue weighted by atomic mass is 35.5. The minimum absolute atomic E-state index is 0.119. The van der Waals surface area contributed by atoms with Crippen LogP contribution < -0.4 is 4.72 Å². The van der Waals surface area contributed by atoms with Crippen molar-refractivity contribution in [1.82, 2.24) is 0 Å². The van der Waals surface area contributed by atoms with E-state index in [-0.39, 0.29) is 10.7 Å². The van der Waals surface area contributed by atoms with E-state index in [4.69, 9.17) is 18.0 Å². The van der Waals surface area contributed by atoms with Crippen molar-refractivity contribution < 1.29 is 21.6 Å². The van der Waals surface area contributed by atoms with E-state index in [1.807, 2.05) is 0 Å². The first kappa shape index (κ1) is 17.2. The van der Waals surface area contributed by atoms with E-state index >= 15 is 0 Å². The number of hydrogen-bond acceptors (Lipinski definition) is 2. The number of rotatable bonds is 3. The Bertz CT molecular complexity index is 886. The number of alkyl halides is 3. The summed E-state index contributed by atoms with van der Waals surface area (Å²) in [6, 6.07) is 7.96. The van der Waals surface area contributed by atoms with Crippen molar-refractivity contribution in [1.29, 1.82) is 0 Å². The van der Waals surface area contributed by atoms with Gasteiger partial charge in [0, 0.05) is 5.56 Å². The van der Waals surface area contributed by atoms with Gasteiger partial charge in [-0.15, -0.1) is 6.42 Å². The lowest BCUT2D eigenvalue weighted by atomic mass is 10.2. The summed E-state index contributed by atoms with van der Waals surface area (Å²) in [6.07, 6.45) is 0.530. The second kappa shape index (κ2) is 6.14. The van der Waals surface area contributed by atoms with Gasteiger partial charge >= 0.3 is 6.18 Å². The van der Waals surface area contributed by atoms with Gasteiger partial charge in [0.1, 0.15) is 4.90 Å². The quantitative estimate of drug-likeness (QED) is 0.837. The van der Waals surface area contributed by atoms with Crippen LogP contribution in [0.3, 0.4) is 0 Å². The molecule has 2 aromatic rings. The van der Waals surface area contributed by atoms with Gasteiger partial charge in [0.15, 0.2) is 0 Å². The van der Waals surface area contributed by atoms with Crippen molar-refractivity contribution in [3.8, 4) is 12.3 Å². The molecule has 0 saturated heterocycles. The molecule has 120 valence electrons. The highest BCUT2D eigenvalue weighted by molar-refractivity contribution is 7.92. The standard InChI is InChI=1S/C15H9ClF3NO2S/c1-2-10-4-3-5-12(8-10)20-23(21,22)14-9-11(15(17,18)19)6-7-13(14)16/h1,3-9,20H. The highest BCUT2D eigenvalue weighted by Gasteiger charge is 2.32. The molecule has 0 amide bonds. The molecule has 23 heavy (non-hydrogen) atoms. The maximum absolute atomic E-state index is 12.7. The van der Waals surface area contributed by atoms with Crippen molar-refractivity contribution in [2.45, 2.75) is 11.1 Å². The van der Waals surface area contributed by atoms with Crippen LogP contribution in [-0.4, -0.2) is 8.42 Å². The van der Waals surface area contributed by atoms with Crippen LogP contribution in [0.2, 0.25) is 5.02 Å². The largest absolute Gasteiger partial charge is 0.416 e. The normalized spacial score (nSPS) is 11.8. The second-order valence-corrected chi connectivity index (χ2v) is 6.53. The zero-order valence-corrected chi connectivity index (χ0v) is 12.9. The lowest BCUT2D eigenvalue weighted by molar-refractivity contribution is -0.137. The molecule has 0 aliphatic heterocycles. The van der Waals surface area contributed by atoms with E-state index in [0.29, 0.717) is 17.7 Å². The molecule has 0 unspecified atom stereocenters. The fraction of sp³-hybridized carbons (Fsp3) is 0.0667. The molecule has 1 N–H and O–H groups in total. The Morgan fingerprint density at radius 2 is 1.83 bits per heavy atom. The molecule has 0 atom stereocenters. The van der Waals surface area contributed by atoms with E-state index in [9.17, 15) is 21.6 Å². The predicted octanol–water partition coefficient (Wildman–Crippen LogP) is 4.14. The van der Waals surface area contributed by atoms with Crippen molar-refractivity contribution in [3.05, 3.63) is 58.6 Å². The van der Waals surface area contributed by atoms with E-state index in [1.54, 1.807) is 6.07 Å². The van der Waals surface area contributed by atoms with Gasteiger partial charge in [-0.3, -0.25) is 4.72 Å². The van der Waals surface area contributed by atoms with Crippen LogP contribution in [0.15, 0.2) is 47.4 Å². The third-order valence-electron chi connectivity index (χ3n) is 2.83. The Morgan fingerprint density at radius 3 is 2.43 bits per heavy atom. The number of hydrogen-bond donors (Lipinski definition) is 1. The maximum atomic E-state index is 12.7. The van der Waals surface area contributed by atoms with E-state index in [0.717, 1.165) is 6.07 Å². The second-order valence-electron chi connectivity index (χ2n) is 4.47. The van der Waals surface area contributed by atoms with E-state index in [2.05, 4.69) is 10.6 Å². The maximum Gasteiger partial charge on any atom is 0.416 e. The van der Waals surface area contributed by atoms with Crippen LogP contribution in [0.25, 0.3) is 0 Å². The average molecular weight is 360 g/mol. The Hall–Kier alpha value is -2.17. The van der Waals surface area contributed by atoms with E-state index < -0.39 is 26.7 Å². The van der Waals surface area contributed by atoms with Crippen molar-refractivity contribution in [2.24, 2.45) is 0 Å². The van der Waals surface area contributed by atoms with Gasteiger partial charge < -0.3 is 0 Å². The van der Waals surface area contributed by atoms with Crippen LogP contribution in [0.1, 0.15) is 11.1 Å². The van der Waals surface area contributed by atoms with Crippen LogP contribution in [-0.2, 0) is 16.2 Å². The van der Waals surface area contributed by atoms with Crippen LogP contribution in [0.4, 0.5) is 18.9 Å². The summed E-state index contributed by atoms with van der Waals surface area (Å²) in [5.74, 6) is 2.32. The van der Waals surface area contributed by atoms with Gasteiger partial charge in [-0.25, -0.2) is 8.42 Å². The number of halogens is 4. The Labute approximate surface area is 136 Å². The van der Waals surface area contributed by atoms with Crippen LogP contribution in [0.5, 0.6) is 0 Å². The topological polar surface area (TPSA) is 46.2 Å². The summed E-state index contributed by atoms with van der Waals surface area (Å²) in [5, 5.41) is -0.321. The van der Waals surface area contributed by atoms with Crippen LogP contribution >= 0.6 is 11.6 Å². The molecule has 0 aromatic heterocycles. The van der Waals surface area contributed by atoms with Crippen molar-refractivity contribution in [3.63, 3.8) is 0 Å². The zero-order chi connectivity index (χ0) is 17.3. The van der Waals surface area contributed by atoms with Gasteiger partial charge in [-0.2, -0.15) is 13.2 Å². The number of sulfonamides is 1. The van der Waals surface area contributed by atoms with E-state index in [1.165, 1.54) is 18.2 Å². The molecule has 0 bridgehead atoms. The Kier molecular flexibility index (Phi) is 4.59. The van der Waals surface area contributed by atoms with Gasteiger partial charge in [-0.1, -0.05) is 23.6 Å². The van der Waals surface area contributed by atoms with Crippen molar-refractivity contribution >= 4 is 27.3 Å². The molecular weight excluding hydrogens is 351 g/mol. The minimum atomic E-state index is -4.68.